The Morgan fingerprint density at radius 1 is 1.56 bits per heavy atom. The third-order valence-electron chi connectivity index (χ3n) is 3.16. The number of nitrogens with zero attached hydrogens (tertiary/aromatic N) is 3. The topological polar surface area (TPSA) is 41.0 Å². The summed E-state index contributed by atoms with van der Waals surface area (Å²) in [6, 6.07) is 1.92. The van der Waals surface area contributed by atoms with Crippen molar-refractivity contribution in [2.45, 2.75) is 20.3 Å². The summed E-state index contributed by atoms with van der Waals surface area (Å²) in [5.41, 5.74) is 1.01. The van der Waals surface area contributed by atoms with Crippen LogP contribution in [0, 0.1) is 12.8 Å². The molecule has 0 radical (unpaired) electrons. The minimum Gasteiger partial charge on any atom is -0.354 e. The van der Waals surface area contributed by atoms with Crippen LogP contribution in [0.2, 0.25) is 0 Å². The molecule has 1 aromatic rings. The molecule has 0 bridgehead atoms. The molecule has 2 rings (SSSR count). The van der Waals surface area contributed by atoms with Crippen LogP contribution in [0.3, 0.4) is 0 Å². The van der Waals surface area contributed by atoms with Crippen LogP contribution in [-0.2, 0) is 0 Å². The van der Waals surface area contributed by atoms with Gasteiger partial charge < -0.3 is 10.2 Å². The minimum atomic E-state index is 0.740. The first-order chi connectivity index (χ1) is 7.78. The van der Waals surface area contributed by atoms with Crippen molar-refractivity contribution in [1.82, 2.24) is 14.9 Å². The van der Waals surface area contributed by atoms with E-state index in [2.05, 4.69) is 27.1 Å². The van der Waals surface area contributed by atoms with Crippen molar-refractivity contribution >= 4 is 5.95 Å². The van der Waals surface area contributed by atoms with E-state index in [4.69, 9.17) is 0 Å². The summed E-state index contributed by atoms with van der Waals surface area (Å²) >= 11 is 0. The number of hydrogen-bond acceptors (Lipinski definition) is 4. The zero-order valence-electron chi connectivity index (χ0n) is 10.1. The summed E-state index contributed by atoms with van der Waals surface area (Å²) in [6.07, 6.45) is 3.09. The van der Waals surface area contributed by atoms with Gasteiger partial charge in [0.2, 0.25) is 5.95 Å². The number of likely N-dealkylation sites (tertiary alicyclic amines) is 1. The Hall–Kier alpha value is -1.16. The van der Waals surface area contributed by atoms with Gasteiger partial charge in [-0.1, -0.05) is 6.92 Å². The third-order valence-corrected chi connectivity index (χ3v) is 3.16. The van der Waals surface area contributed by atoms with Gasteiger partial charge in [0, 0.05) is 25.0 Å². The fourth-order valence-electron chi connectivity index (χ4n) is 2.14. The fraction of sp³-hybridized carbons (Fsp3) is 0.667. The standard InChI is InChI=1S/C12H20N4/c1-3-16-7-5-11(9-16)8-14-12-13-6-4-10(2)15-12/h4,6,11H,3,5,7-9H2,1-2H3,(H,13,14,15). The second-order valence-electron chi connectivity index (χ2n) is 4.45. The molecule has 16 heavy (non-hydrogen) atoms. The molecule has 1 fully saturated rings. The van der Waals surface area contributed by atoms with E-state index in [1.807, 2.05) is 13.0 Å². The molecule has 1 saturated heterocycles. The van der Waals surface area contributed by atoms with Crippen LogP contribution in [0.1, 0.15) is 19.0 Å². The van der Waals surface area contributed by atoms with Crippen LogP contribution in [0.15, 0.2) is 12.3 Å². The second-order valence-corrected chi connectivity index (χ2v) is 4.45. The highest BCUT2D eigenvalue weighted by atomic mass is 15.2. The summed E-state index contributed by atoms with van der Waals surface area (Å²) in [6.45, 7) is 8.80. The molecule has 1 aliphatic rings. The second kappa shape index (κ2) is 5.25. The molecule has 1 aromatic heterocycles. The van der Waals surface area contributed by atoms with Crippen LogP contribution in [0.25, 0.3) is 0 Å². The molecule has 0 aromatic carbocycles. The van der Waals surface area contributed by atoms with E-state index in [-0.39, 0.29) is 0 Å². The first-order valence-electron chi connectivity index (χ1n) is 6.04. The van der Waals surface area contributed by atoms with Gasteiger partial charge in [-0.25, -0.2) is 9.97 Å². The molecule has 0 amide bonds. The van der Waals surface area contributed by atoms with E-state index < -0.39 is 0 Å². The van der Waals surface area contributed by atoms with E-state index in [1.165, 1.54) is 19.5 Å². The molecular weight excluding hydrogens is 200 g/mol. The average molecular weight is 220 g/mol. The van der Waals surface area contributed by atoms with E-state index in [0.717, 1.165) is 30.6 Å². The smallest absolute Gasteiger partial charge is 0.222 e. The lowest BCUT2D eigenvalue weighted by Crippen LogP contribution is -2.22. The third kappa shape index (κ3) is 2.92. The monoisotopic (exact) mass is 220 g/mol. The summed E-state index contributed by atoms with van der Waals surface area (Å²) < 4.78 is 0. The number of nitrogens with one attached hydrogen (secondary N) is 1. The predicted molar refractivity (Wildman–Crippen MR) is 65.5 cm³/mol. The Bertz CT molecular complexity index is 340. The first-order valence-corrected chi connectivity index (χ1v) is 6.04. The van der Waals surface area contributed by atoms with Gasteiger partial charge in [-0.05, 0) is 38.4 Å². The van der Waals surface area contributed by atoms with Crippen molar-refractivity contribution in [2.75, 3.05) is 31.5 Å². The Balaban J connectivity index is 1.80. The van der Waals surface area contributed by atoms with Gasteiger partial charge in [0.05, 0.1) is 0 Å². The summed E-state index contributed by atoms with van der Waals surface area (Å²) in [5, 5.41) is 3.32. The van der Waals surface area contributed by atoms with Crippen LogP contribution in [-0.4, -0.2) is 41.0 Å². The van der Waals surface area contributed by atoms with Gasteiger partial charge in [0.25, 0.3) is 0 Å². The van der Waals surface area contributed by atoms with Gasteiger partial charge in [-0.2, -0.15) is 0 Å². The van der Waals surface area contributed by atoms with Crippen LogP contribution >= 0.6 is 0 Å². The van der Waals surface area contributed by atoms with Crippen molar-refractivity contribution < 1.29 is 0 Å². The highest BCUT2D eigenvalue weighted by Crippen LogP contribution is 2.15. The Labute approximate surface area is 97.1 Å². The minimum absolute atomic E-state index is 0.740. The van der Waals surface area contributed by atoms with Crippen molar-refractivity contribution in [2.24, 2.45) is 5.92 Å². The fourth-order valence-corrected chi connectivity index (χ4v) is 2.14. The van der Waals surface area contributed by atoms with Crippen molar-refractivity contribution in [3.63, 3.8) is 0 Å². The highest BCUT2D eigenvalue weighted by molar-refractivity contribution is 5.24. The highest BCUT2D eigenvalue weighted by Gasteiger charge is 2.20. The zero-order valence-corrected chi connectivity index (χ0v) is 10.1. The largest absolute Gasteiger partial charge is 0.354 e. The SMILES string of the molecule is CCN1CCC(CNc2nccc(C)n2)C1. The maximum Gasteiger partial charge on any atom is 0.222 e. The molecule has 88 valence electrons. The summed E-state index contributed by atoms with van der Waals surface area (Å²) in [4.78, 5) is 11.0. The number of aryl methyl sites for hydroxylation is 1. The lowest BCUT2D eigenvalue weighted by molar-refractivity contribution is 0.345. The quantitative estimate of drug-likeness (QED) is 0.835. The van der Waals surface area contributed by atoms with Crippen LogP contribution in [0.4, 0.5) is 5.95 Å². The van der Waals surface area contributed by atoms with Crippen molar-refractivity contribution in [3.05, 3.63) is 18.0 Å². The van der Waals surface area contributed by atoms with E-state index in [9.17, 15) is 0 Å². The Morgan fingerprint density at radius 3 is 3.12 bits per heavy atom. The van der Waals surface area contributed by atoms with Crippen LogP contribution < -0.4 is 5.32 Å². The van der Waals surface area contributed by atoms with Crippen molar-refractivity contribution in [1.29, 1.82) is 0 Å². The molecule has 2 heterocycles. The van der Waals surface area contributed by atoms with Crippen LogP contribution in [0.5, 0.6) is 0 Å². The number of aromatic nitrogens is 2. The maximum absolute atomic E-state index is 4.34. The van der Waals surface area contributed by atoms with Crippen molar-refractivity contribution in [3.8, 4) is 0 Å². The Kier molecular flexibility index (Phi) is 3.72. The Morgan fingerprint density at radius 2 is 2.44 bits per heavy atom. The molecule has 0 aliphatic carbocycles. The number of rotatable bonds is 4. The molecule has 0 spiro atoms. The molecular formula is C12H20N4. The number of hydrogen-bond donors (Lipinski definition) is 1. The normalized spacial score (nSPS) is 21.2. The van der Waals surface area contributed by atoms with Gasteiger partial charge in [0.1, 0.15) is 0 Å². The van der Waals surface area contributed by atoms with E-state index >= 15 is 0 Å². The molecule has 4 nitrogen and oxygen atoms in total. The zero-order chi connectivity index (χ0) is 11.4. The van der Waals surface area contributed by atoms with E-state index in [1.54, 1.807) is 6.20 Å². The van der Waals surface area contributed by atoms with Gasteiger partial charge in [-0.15, -0.1) is 0 Å². The lowest BCUT2D eigenvalue weighted by atomic mass is 10.1. The van der Waals surface area contributed by atoms with E-state index in [0.29, 0.717) is 0 Å². The predicted octanol–water partition coefficient (Wildman–Crippen LogP) is 1.54. The van der Waals surface area contributed by atoms with Gasteiger partial charge in [0.15, 0.2) is 0 Å². The number of anilines is 1. The lowest BCUT2D eigenvalue weighted by Gasteiger charge is -2.13. The molecule has 4 heteroatoms. The molecule has 1 atom stereocenters. The van der Waals surface area contributed by atoms with Gasteiger partial charge >= 0.3 is 0 Å². The van der Waals surface area contributed by atoms with Gasteiger partial charge in [-0.3, -0.25) is 0 Å². The molecule has 1 N–H and O–H groups in total. The molecule has 1 unspecified atom stereocenters. The summed E-state index contributed by atoms with van der Waals surface area (Å²) in [5.74, 6) is 1.50. The molecule has 0 saturated carbocycles. The molecule has 1 aliphatic heterocycles. The first kappa shape index (κ1) is 11.3. The summed E-state index contributed by atoms with van der Waals surface area (Å²) in [7, 11) is 0. The average Bonchev–Trinajstić information content (AvgIpc) is 2.74. The maximum atomic E-state index is 4.34.